The lowest BCUT2D eigenvalue weighted by atomic mass is 9.90. The first-order valence-corrected chi connectivity index (χ1v) is 7.69. The number of carbonyl (C=O) groups excluding carboxylic acids is 1. The van der Waals surface area contributed by atoms with Crippen molar-refractivity contribution in [2.75, 3.05) is 5.73 Å². The van der Waals surface area contributed by atoms with Gasteiger partial charge in [0.05, 0.1) is 10.7 Å². The summed E-state index contributed by atoms with van der Waals surface area (Å²) in [5.74, 6) is 0.141. The first-order valence-electron chi connectivity index (χ1n) is 6.56. The van der Waals surface area contributed by atoms with Crippen LogP contribution < -0.4 is 11.2 Å². The smallest absolute Gasteiger partial charge is 0.291 e. The molecule has 0 bridgehead atoms. The Morgan fingerprint density at radius 2 is 1.90 bits per heavy atom. The van der Waals surface area contributed by atoms with Crippen molar-refractivity contribution in [3.63, 3.8) is 0 Å². The molecule has 114 valence electrons. The fourth-order valence-corrected chi connectivity index (χ4v) is 2.67. The Hall–Kier alpha value is -1.04. The SMILES string of the molecule is CC1CCC(=NNC(=O)c2nc(Cl)c(Cl)c(N)c2Cl)CC1. The zero-order chi connectivity index (χ0) is 15.6. The molecule has 0 spiro atoms. The van der Waals surface area contributed by atoms with Gasteiger partial charge in [-0.2, -0.15) is 5.10 Å². The number of nitrogens with zero attached hydrogens (tertiary/aromatic N) is 2. The molecule has 0 radical (unpaired) electrons. The number of amides is 1. The molecule has 21 heavy (non-hydrogen) atoms. The molecular weight excluding hydrogens is 335 g/mol. The van der Waals surface area contributed by atoms with Crippen LogP contribution in [0, 0.1) is 5.92 Å². The molecule has 2 rings (SSSR count). The molecule has 0 unspecified atom stereocenters. The first kappa shape index (κ1) is 16.3. The number of nitrogen functional groups attached to an aromatic ring is 1. The highest BCUT2D eigenvalue weighted by Gasteiger charge is 2.20. The van der Waals surface area contributed by atoms with Crippen LogP contribution in [0.1, 0.15) is 43.1 Å². The van der Waals surface area contributed by atoms with Gasteiger partial charge in [-0.3, -0.25) is 4.79 Å². The Morgan fingerprint density at radius 3 is 2.52 bits per heavy atom. The second-order valence-electron chi connectivity index (χ2n) is 5.09. The molecular formula is C13H15Cl3N4O. The standard InChI is InChI=1S/C13H15Cl3N4O/c1-6-2-4-7(5-3-6)19-20-13(21)11-8(14)10(17)9(15)12(16)18-11/h6H,2-5H2,1H3,(H2,17,18)(H,20,21). The third-order valence-electron chi connectivity index (χ3n) is 3.45. The number of anilines is 1. The molecule has 3 N–H and O–H groups in total. The second-order valence-corrected chi connectivity index (χ2v) is 6.21. The van der Waals surface area contributed by atoms with Crippen LogP contribution in [0.25, 0.3) is 0 Å². The number of hydrogen-bond donors (Lipinski definition) is 2. The molecule has 0 aliphatic heterocycles. The van der Waals surface area contributed by atoms with E-state index in [2.05, 4.69) is 22.4 Å². The minimum atomic E-state index is -0.559. The summed E-state index contributed by atoms with van der Waals surface area (Å²) < 4.78 is 0. The summed E-state index contributed by atoms with van der Waals surface area (Å²) in [5, 5.41) is 4.06. The Morgan fingerprint density at radius 1 is 1.29 bits per heavy atom. The molecule has 1 aromatic heterocycles. The van der Waals surface area contributed by atoms with Crippen LogP contribution >= 0.6 is 34.8 Å². The largest absolute Gasteiger partial charge is 0.396 e. The number of halogens is 3. The van der Waals surface area contributed by atoms with Crippen molar-refractivity contribution in [3.05, 3.63) is 20.9 Å². The number of hydrogen-bond acceptors (Lipinski definition) is 4. The molecule has 0 aromatic carbocycles. The Labute approximate surface area is 137 Å². The lowest BCUT2D eigenvalue weighted by Gasteiger charge is -2.18. The van der Waals surface area contributed by atoms with E-state index in [-0.39, 0.29) is 26.6 Å². The van der Waals surface area contributed by atoms with E-state index in [0.717, 1.165) is 31.4 Å². The van der Waals surface area contributed by atoms with Gasteiger partial charge in [0.25, 0.3) is 5.91 Å². The lowest BCUT2D eigenvalue weighted by Crippen LogP contribution is -2.23. The van der Waals surface area contributed by atoms with E-state index in [1.807, 2.05) is 0 Å². The van der Waals surface area contributed by atoms with E-state index in [0.29, 0.717) is 5.92 Å². The predicted molar refractivity (Wildman–Crippen MR) is 86.2 cm³/mol. The fraction of sp³-hybridized carbons (Fsp3) is 0.462. The number of hydrazone groups is 1. The maximum Gasteiger partial charge on any atom is 0.291 e. The zero-order valence-electron chi connectivity index (χ0n) is 11.4. The summed E-state index contributed by atoms with van der Waals surface area (Å²) in [6, 6.07) is 0. The zero-order valence-corrected chi connectivity index (χ0v) is 13.7. The summed E-state index contributed by atoms with van der Waals surface area (Å²) in [4.78, 5) is 15.9. The monoisotopic (exact) mass is 348 g/mol. The molecule has 1 fully saturated rings. The van der Waals surface area contributed by atoms with Crippen molar-refractivity contribution < 1.29 is 4.79 Å². The van der Waals surface area contributed by atoms with Gasteiger partial charge in [0.2, 0.25) is 0 Å². The molecule has 1 heterocycles. The second kappa shape index (κ2) is 6.81. The van der Waals surface area contributed by atoms with E-state index in [1.165, 1.54) is 0 Å². The van der Waals surface area contributed by atoms with E-state index >= 15 is 0 Å². The first-order chi connectivity index (χ1) is 9.90. The quantitative estimate of drug-likeness (QED) is 0.627. The Balaban J connectivity index is 2.13. The van der Waals surface area contributed by atoms with E-state index in [9.17, 15) is 4.79 Å². The number of nitrogens with two attached hydrogens (primary N) is 1. The van der Waals surface area contributed by atoms with Gasteiger partial charge in [-0.15, -0.1) is 0 Å². The van der Waals surface area contributed by atoms with Crippen molar-refractivity contribution in [1.29, 1.82) is 0 Å². The number of aromatic nitrogens is 1. The number of rotatable bonds is 2. The summed E-state index contributed by atoms with van der Waals surface area (Å²) in [5.41, 5.74) is 9.02. The number of nitrogens with one attached hydrogen (secondary N) is 1. The van der Waals surface area contributed by atoms with Gasteiger partial charge in [-0.25, -0.2) is 10.4 Å². The highest BCUT2D eigenvalue weighted by Crippen LogP contribution is 2.34. The van der Waals surface area contributed by atoms with E-state index in [1.54, 1.807) is 0 Å². The van der Waals surface area contributed by atoms with Crippen LogP contribution in [0.5, 0.6) is 0 Å². The molecule has 1 aliphatic rings. The van der Waals surface area contributed by atoms with Gasteiger partial charge >= 0.3 is 0 Å². The van der Waals surface area contributed by atoms with Crippen LogP contribution in [0.15, 0.2) is 5.10 Å². The number of pyridine rings is 1. The summed E-state index contributed by atoms with van der Waals surface area (Å²) in [7, 11) is 0. The van der Waals surface area contributed by atoms with Crippen LogP contribution in [-0.2, 0) is 0 Å². The van der Waals surface area contributed by atoms with Crippen LogP contribution in [0.3, 0.4) is 0 Å². The van der Waals surface area contributed by atoms with Crippen molar-refractivity contribution in [2.45, 2.75) is 32.6 Å². The minimum absolute atomic E-state index is 0.0284. The molecule has 1 aliphatic carbocycles. The van der Waals surface area contributed by atoms with Gasteiger partial charge in [-0.05, 0) is 31.6 Å². The summed E-state index contributed by atoms with van der Waals surface area (Å²) >= 11 is 17.6. The van der Waals surface area contributed by atoms with Gasteiger partial charge in [0.15, 0.2) is 10.8 Å². The third-order valence-corrected chi connectivity index (χ3v) is 4.59. The average Bonchev–Trinajstić information content (AvgIpc) is 2.48. The van der Waals surface area contributed by atoms with E-state index in [4.69, 9.17) is 40.5 Å². The van der Waals surface area contributed by atoms with Gasteiger partial charge in [-0.1, -0.05) is 41.7 Å². The lowest BCUT2D eigenvalue weighted by molar-refractivity contribution is 0.0950. The van der Waals surface area contributed by atoms with Gasteiger partial charge < -0.3 is 5.73 Å². The summed E-state index contributed by atoms with van der Waals surface area (Å²) in [6.07, 6.45) is 3.92. The van der Waals surface area contributed by atoms with Gasteiger partial charge in [0.1, 0.15) is 5.02 Å². The molecule has 0 saturated heterocycles. The topological polar surface area (TPSA) is 80.4 Å². The highest BCUT2D eigenvalue weighted by atomic mass is 35.5. The van der Waals surface area contributed by atoms with Crippen molar-refractivity contribution in [1.82, 2.24) is 10.4 Å². The Bertz CT molecular complexity index is 594. The van der Waals surface area contributed by atoms with Crippen molar-refractivity contribution >= 4 is 52.1 Å². The molecule has 1 aromatic rings. The maximum absolute atomic E-state index is 12.1. The third kappa shape index (κ3) is 3.78. The van der Waals surface area contributed by atoms with Crippen molar-refractivity contribution in [2.24, 2.45) is 11.0 Å². The van der Waals surface area contributed by atoms with Crippen LogP contribution in [0.2, 0.25) is 15.2 Å². The average molecular weight is 350 g/mol. The molecule has 8 heteroatoms. The highest BCUT2D eigenvalue weighted by molar-refractivity contribution is 6.46. The van der Waals surface area contributed by atoms with Crippen LogP contribution in [-0.4, -0.2) is 16.6 Å². The minimum Gasteiger partial charge on any atom is -0.396 e. The fourth-order valence-electron chi connectivity index (χ4n) is 2.07. The van der Waals surface area contributed by atoms with Crippen molar-refractivity contribution in [3.8, 4) is 0 Å². The molecule has 5 nitrogen and oxygen atoms in total. The van der Waals surface area contributed by atoms with E-state index < -0.39 is 5.91 Å². The predicted octanol–water partition coefficient (Wildman–Crippen LogP) is 3.92. The van der Waals surface area contributed by atoms with Crippen LogP contribution in [0.4, 0.5) is 5.69 Å². The number of carbonyl (C=O) groups is 1. The molecule has 1 amide bonds. The molecule has 1 saturated carbocycles. The molecule has 0 atom stereocenters. The maximum atomic E-state index is 12.1. The van der Waals surface area contributed by atoms with Gasteiger partial charge in [0, 0.05) is 5.71 Å². The normalized spacial score (nSPS) is 18.5. The Kier molecular flexibility index (Phi) is 5.30. The summed E-state index contributed by atoms with van der Waals surface area (Å²) in [6.45, 7) is 2.21.